The van der Waals surface area contributed by atoms with Crippen LogP contribution in [-0.4, -0.2) is 36.8 Å². The van der Waals surface area contributed by atoms with Crippen molar-refractivity contribution in [2.75, 3.05) is 26.7 Å². The van der Waals surface area contributed by atoms with Gasteiger partial charge in [0.15, 0.2) is 0 Å². The molecule has 1 rings (SSSR count). The molecule has 92 valence electrons. The van der Waals surface area contributed by atoms with E-state index in [1.54, 1.807) is 0 Å². The monoisotopic (exact) mass is 225 g/mol. The van der Waals surface area contributed by atoms with Crippen molar-refractivity contribution < 1.29 is 9.52 Å². The lowest BCUT2D eigenvalue weighted by Gasteiger charge is -2.21. The molecule has 1 N–H and O–H groups in total. The Morgan fingerprint density at radius 3 is 2.69 bits per heavy atom. The van der Waals surface area contributed by atoms with Gasteiger partial charge in [-0.15, -0.1) is 0 Å². The second-order valence-electron chi connectivity index (χ2n) is 4.48. The summed E-state index contributed by atoms with van der Waals surface area (Å²) in [6, 6.07) is 4.03. The van der Waals surface area contributed by atoms with Crippen molar-refractivity contribution in [3.8, 4) is 0 Å². The van der Waals surface area contributed by atoms with Crippen molar-refractivity contribution >= 4 is 0 Å². The van der Waals surface area contributed by atoms with Crippen LogP contribution in [0.2, 0.25) is 0 Å². The highest BCUT2D eigenvalue weighted by molar-refractivity contribution is 5.05. The number of rotatable bonds is 7. The molecule has 1 aromatic rings. The van der Waals surface area contributed by atoms with Gasteiger partial charge in [0.05, 0.1) is 0 Å². The third kappa shape index (κ3) is 4.37. The minimum absolute atomic E-state index is 0.278. The molecule has 1 unspecified atom stereocenters. The number of aliphatic hydroxyl groups is 1. The summed E-state index contributed by atoms with van der Waals surface area (Å²) in [7, 11) is 2.09. The maximum atomic E-state index is 9.12. The second-order valence-corrected chi connectivity index (χ2v) is 4.48. The summed E-state index contributed by atoms with van der Waals surface area (Å²) in [5.41, 5.74) is 0. The molecule has 0 bridgehead atoms. The third-order valence-electron chi connectivity index (χ3n) is 2.94. The fraction of sp³-hybridized carbons (Fsp3) is 0.692. The molecule has 3 heteroatoms. The summed E-state index contributed by atoms with van der Waals surface area (Å²) in [6.45, 7) is 6.29. The molecule has 0 amide bonds. The van der Waals surface area contributed by atoms with Gasteiger partial charge < -0.3 is 14.4 Å². The summed E-state index contributed by atoms with van der Waals surface area (Å²) < 4.78 is 5.52. The van der Waals surface area contributed by atoms with Gasteiger partial charge in [0.2, 0.25) is 0 Å². The minimum atomic E-state index is 0.278. The lowest BCUT2D eigenvalue weighted by molar-refractivity contribution is 0.176. The smallest absolute Gasteiger partial charge is 0.105 e. The van der Waals surface area contributed by atoms with Crippen LogP contribution < -0.4 is 0 Å². The van der Waals surface area contributed by atoms with Crippen molar-refractivity contribution in [3.63, 3.8) is 0 Å². The van der Waals surface area contributed by atoms with Crippen molar-refractivity contribution in [3.05, 3.63) is 23.7 Å². The first-order chi connectivity index (χ1) is 7.65. The maximum Gasteiger partial charge on any atom is 0.105 e. The normalized spacial score (nSPS) is 13.3. The molecule has 0 aromatic carbocycles. The van der Waals surface area contributed by atoms with E-state index >= 15 is 0 Å². The Bertz CT molecular complexity index is 292. The fourth-order valence-electron chi connectivity index (χ4n) is 1.77. The van der Waals surface area contributed by atoms with Crippen molar-refractivity contribution in [1.29, 1.82) is 0 Å². The van der Waals surface area contributed by atoms with Crippen LogP contribution in [0.15, 0.2) is 16.5 Å². The van der Waals surface area contributed by atoms with E-state index in [9.17, 15) is 0 Å². The highest BCUT2D eigenvalue weighted by atomic mass is 16.3. The molecular formula is C13H23NO2. The molecule has 0 fully saturated rings. The summed E-state index contributed by atoms with van der Waals surface area (Å²) >= 11 is 0. The first kappa shape index (κ1) is 13.3. The zero-order chi connectivity index (χ0) is 12.0. The van der Waals surface area contributed by atoms with Gasteiger partial charge in [-0.1, -0.05) is 6.92 Å². The van der Waals surface area contributed by atoms with Crippen LogP contribution in [0.1, 0.15) is 24.9 Å². The quantitative estimate of drug-likeness (QED) is 0.772. The van der Waals surface area contributed by atoms with Crippen molar-refractivity contribution in [2.24, 2.45) is 5.92 Å². The average molecular weight is 225 g/mol. The number of hydrogen-bond donors (Lipinski definition) is 1. The van der Waals surface area contributed by atoms with E-state index in [2.05, 4.69) is 18.9 Å². The van der Waals surface area contributed by atoms with E-state index in [1.807, 2.05) is 19.1 Å². The standard InChI is InChI=1S/C13H23NO2/c1-4-12(10-15)9-14(3)8-7-13-6-5-11(2)16-13/h5-6,12,15H,4,7-10H2,1-3H3. The molecule has 0 saturated carbocycles. The van der Waals surface area contributed by atoms with Gasteiger partial charge in [0.25, 0.3) is 0 Å². The number of likely N-dealkylation sites (N-methyl/N-ethyl adjacent to an activating group) is 1. The molecule has 0 spiro atoms. The molecule has 3 nitrogen and oxygen atoms in total. The van der Waals surface area contributed by atoms with E-state index in [-0.39, 0.29) is 6.61 Å². The van der Waals surface area contributed by atoms with Gasteiger partial charge in [-0.05, 0) is 38.4 Å². The molecule has 0 aliphatic heterocycles. The number of furan rings is 1. The Kier molecular flexibility index (Phi) is 5.56. The van der Waals surface area contributed by atoms with E-state index in [0.717, 1.165) is 37.5 Å². The molecule has 0 aliphatic carbocycles. The van der Waals surface area contributed by atoms with E-state index in [1.165, 1.54) is 0 Å². The first-order valence-electron chi connectivity index (χ1n) is 6.00. The predicted molar refractivity (Wildman–Crippen MR) is 65.5 cm³/mol. The van der Waals surface area contributed by atoms with Crippen LogP contribution in [0.5, 0.6) is 0 Å². The fourth-order valence-corrected chi connectivity index (χ4v) is 1.77. The van der Waals surface area contributed by atoms with E-state index in [4.69, 9.17) is 9.52 Å². The molecular weight excluding hydrogens is 202 g/mol. The molecule has 0 saturated heterocycles. The van der Waals surface area contributed by atoms with Gasteiger partial charge in [-0.3, -0.25) is 0 Å². The van der Waals surface area contributed by atoms with Gasteiger partial charge in [-0.25, -0.2) is 0 Å². The summed E-state index contributed by atoms with van der Waals surface area (Å²) in [4.78, 5) is 2.25. The van der Waals surface area contributed by atoms with Gasteiger partial charge >= 0.3 is 0 Å². The Labute approximate surface area is 98.1 Å². The molecule has 0 aliphatic rings. The Morgan fingerprint density at radius 2 is 2.19 bits per heavy atom. The van der Waals surface area contributed by atoms with E-state index in [0.29, 0.717) is 5.92 Å². The molecule has 1 atom stereocenters. The topological polar surface area (TPSA) is 36.6 Å². The summed E-state index contributed by atoms with van der Waals surface area (Å²) in [5.74, 6) is 2.41. The molecule has 1 aromatic heterocycles. The van der Waals surface area contributed by atoms with Crippen molar-refractivity contribution in [1.82, 2.24) is 4.90 Å². The number of aryl methyl sites for hydroxylation is 1. The summed E-state index contributed by atoms with van der Waals surface area (Å²) in [6.07, 6.45) is 1.97. The van der Waals surface area contributed by atoms with E-state index < -0.39 is 0 Å². The largest absolute Gasteiger partial charge is 0.466 e. The Morgan fingerprint density at radius 1 is 1.44 bits per heavy atom. The number of nitrogens with zero attached hydrogens (tertiary/aromatic N) is 1. The molecule has 16 heavy (non-hydrogen) atoms. The lowest BCUT2D eigenvalue weighted by atomic mass is 10.1. The average Bonchev–Trinajstić information content (AvgIpc) is 2.69. The molecule has 0 radical (unpaired) electrons. The third-order valence-corrected chi connectivity index (χ3v) is 2.94. The van der Waals surface area contributed by atoms with Crippen molar-refractivity contribution in [2.45, 2.75) is 26.7 Å². The number of hydrogen-bond acceptors (Lipinski definition) is 3. The Hall–Kier alpha value is -0.800. The highest BCUT2D eigenvalue weighted by Crippen LogP contribution is 2.08. The summed E-state index contributed by atoms with van der Waals surface area (Å²) in [5, 5.41) is 9.12. The van der Waals surface area contributed by atoms with Crippen LogP contribution in [0.3, 0.4) is 0 Å². The van der Waals surface area contributed by atoms with Crippen LogP contribution >= 0.6 is 0 Å². The minimum Gasteiger partial charge on any atom is -0.466 e. The van der Waals surface area contributed by atoms with Crippen LogP contribution in [0.25, 0.3) is 0 Å². The highest BCUT2D eigenvalue weighted by Gasteiger charge is 2.09. The van der Waals surface area contributed by atoms with Crippen LogP contribution in [0, 0.1) is 12.8 Å². The lowest BCUT2D eigenvalue weighted by Crippen LogP contribution is -2.29. The van der Waals surface area contributed by atoms with Gasteiger partial charge in [0, 0.05) is 26.1 Å². The zero-order valence-electron chi connectivity index (χ0n) is 10.6. The maximum absolute atomic E-state index is 9.12. The van der Waals surface area contributed by atoms with Crippen LogP contribution in [0.4, 0.5) is 0 Å². The number of aliphatic hydroxyl groups excluding tert-OH is 1. The Balaban J connectivity index is 2.26. The zero-order valence-corrected chi connectivity index (χ0v) is 10.6. The second kappa shape index (κ2) is 6.71. The van der Waals surface area contributed by atoms with Crippen LogP contribution in [-0.2, 0) is 6.42 Å². The molecule has 1 heterocycles. The first-order valence-corrected chi connectivity index (χ1v) is 6.00. The SMILES string of the molecule is CCC(CO)CN(C)CCc1ccc(C)o1. The predicted octanol–water partition coefficient (Wildman–Crippen LogP) is 2.08. The van der Waals surface area contributed by atoms with Gasteiger partial charge in [0.1, 0.15) is 11.5 Å². The van der Waals surface area contributed by atoms with Gasteiger partial charge in [-0.2, -0.15) is 0 Å².